The summed E-state index contributed by atoms with van der Waals surface area (Å²) in [5.74, 6) is 0.332. The molecule has 0 aliphatic heterocycles. The molecule has 0 N–H and O–H groups in total. The van der Waals surface area contributed by atoms with Crippen molar-refractivity contribution in [3.63, 3.8) is 0 Å². The number of Topliss-reactive ketones (excluding diaryl/α,β-unsaturated/α-hetero) is 1. The Kier molecular flexibility index (Phi) is 3.51. The molecule has 0 amide bonds. The highest BCUT2D eigenvalue weighted by atomic mass is 32.1. The van der Waals surface area contributed by atoms with Gasteiger partial charge in [0.15, 0.2) is 5.78 Å². The van der Waals surface area contributed by atoms with Gasteiger partial charge in [0.25, 0.3) is 0 Å². The summed E-state index contributed by atoms with van der Waals surface area (Å²) in [4.78, 5) is 18.4. The van der Waals surface area contributed by atoms with Crippen LogP contribution in [0.3, 0.4) is 0 Å². The van der Waals surface area contributed by atoms with Crippen molar-refractivity contribution in [1.82, 2.24) is 9.55 Å². The van der Waals surface area contributed by atoms with E-state index in [1.165, 1.54) is 10.4 Å². The molecule has 2 heterocycles. The van der Waals surface area contributed by atoms with Gasteiger partial charge in [0.05, 0.1) is 17.2 Å². The molecule has 0 saturated carbocycles. The van der Waals surface area contributed by atoms with Crippen molar-refractivity contribution in [1.29, 1.82) is 0 Å². The van der Waals surface area contributed by atoms with Gasteiger partial charge in [-0.25, -0.2) is 4.98 Å². The molecule has 0 spiro atoms. The predicted octanol–water partition coefficient (Wildman–Crippen LogP) is 3.85. The number of fused-ring (bicyclic) bond motifs is 1. The van der Waals surface area contributed by atoms with Gasteiger partial charge < -0.3 is 4.57 Å². The quantitative estimate of drug-likeness (QED) is 0.848. The van der Waals surface area contributed by atoms with Crippen LogP contribution in [0, 0.1) is 0 Å². The summed E-state index contributed by atoms with van der Waals surface area (Å²) in [6.07, 6.45) is 10.7. The van der Waals surface area contributed by atoms with Crippen LogP contribution in [-0.4, -0.2) is 15.3 Å². The lowest BCUT2D eigenvalue weighted by Crippen LogP contribution is -2.06. The van der Waals surface area contributed by atoms with Crippen LogP contribution in [-0.2, 0) is 6.42 Å². The second kappa shape index (κ2) is 5.29. The van der Waals surface area contributed by atoms with Gasteiger partial charge in [-0.1, -0.05) is 13.3 Å². The second-order valence-electron chi connectivity index (χ2n) is 5.09. The number of aryl methyl sites for hydroxylation is 1. The van der Waals surface area contributed by atoms with Crippen molar-refractivity contribution in [2.45, 2.75) is 45.1 Å². The third kappa shape index (κ3) is 2.37. The molecule has 3 rings (SSSR count). The van der Waals surface area contributed by atoms with E-state index in [0.29, 0.717) is 11.8 Å². The first-order valence-corrected chi connectivity index (χ1v) is 7.74. The fourth-order valence-electron chi connectivity index (χ4n) is 2.75. The van der Waals surface area contributed by atoms with Crippen LogP contribution in [0.1, 0.15) is 58.8 Å². The Morgan fingerprint density at radius 2 is 2.37 bits per heavy atom. The zero-order chi connectivity index (χ0) is 13.2. The Bertz CT molecular complexity index is 571. The van der Waals surface area contributed by atoms with E-state index in [4.69, 9.17) is 0 Å². The van der Waals surface area contributed by atoms with Crippen molar-refractivity contribution in [2.24, 2.45) is 0 Å². The summed E-state index contributed by atoms with van der Waals surface area (Å²) in [6, 6.07) is 2.58. The smallest absolute Gasteiger partial charge is 0.173 e. The van der Waals surface area contributed by atoms with E-state index >= 15 is 0 Å². The number of carbonyl (C=O) groups is 1. The summed E-state index contributed by atoms with van der Waals surface area (Å²) in [7, 11) is 0. The minimum absolute atomic E-state index is 0.330. The van der Waals surface area contributed by atoms with Crippen molar-refractivity contribution >= 4 is 17.1 Å². The summed E-state index contributed by atoms with van der Waals surface area (Å²) >= 11 is 1.69. The minimum Gasteiger partial charge on any atom is -0.329 e. The maximum atomic E-state index is 12.0. The molecule has 100 valence electrons. The van der Waals surface area contributed by atoms with E-state index in [1.54, 1.807) is 11.3 Å². The summed E-state index contributed by atoms with van der Waals surface area (Å²) in [5, 5.41) is 0. The van der Waals surface area contributed by atoms with Crippen LogP contribution in [0.4, 0.5) is 0 Å². The fraction of sp³-hybridized carbons (Fsp3) is 0.467. The molecule has 1 aliphatic carbocycles. The molecule has 2 aromatic heterocycles. The monoisotopic (exact) mass is 274 g/mol. The van der Waals surface area contributed by atoms with E-state index < -0.39 is 0 Å². The largest absolute Gasteiger partial charge is 0.329 e. The fourth-order valence-corrected chi connectivity index (χ4v) is 4.07. The van der Waals surface area contributed by atoms with Gasteiger partial charge in [0, 0.05) is 23.7 Å². The predicted molar refractivity (Wildman–Crippen MR) is 76.9 cm³/mol. The van der Waals surface area contributed by atoms with Crippen LogP contribution in [0.2, 0.25) is 0 Å². The Morgan fingerprint density at radius 3 is 3.05 bits per heavy atom. The molecule has 2 aromatic rings. The van der Waals surface area contributed by atoms with Gasteiger partial charge in [-0.3, -0.25) is 4.79 Å². The third-order valence-corrected chi connectivity index (χ3v) is 5.03. The SMILES string of the molecule is CCCC(c1cc2c(s1)C(=O)CCC2)n1ccnc1. The van der Waals surface area contributed by atoms with Crippen LogP contribution >= 0.6 is 11.3 Å². The lowest BCUT2D eigenvalue weighted by molar-refractivity contribution is 0.0977. The molecular formula is C15H18N2OS. The average molecular weight is 274 g/mol. The average Bonchev–Trinajstić information content (AvgIpc) is 3.05. The summed E-state index contributed by atoms with van der Waals surface area (Å²) in [5.41, 5.74) is 1.26. The number of imidazole rings is 1. The molecule has 0 radical (unpaired) electrons. The molecular weight excluding hydrogens is 256 g/mol. The topological polar surface area (TPSA) is 34.9 Å². The first-order chi connectivity index (χ1) is 9.29. The lowest BCUT2D eigenvalue weighted by Gasteiger charge is -2.15. The van der Waals surface area contributed by atoms with E-state index in [-0.39, 0.29) is 0 Å². The van der Waals surface area contributed by atoms with Crippen molar-refractivity contribution in [2.75, 3.05) is 0 Å². The zero-order valence-corrected chi connectivity index (χ0v) is 11.9. The first kappa shape index (κ1) is 12.6. The highest BCUT2D eigenvalue weighted by Crippen LogP contribution is 2.36. The van der Waals surface area contributed by atoms with E-state index in [2.05, 4.69) is 22.5 Å². The Balaban J connectivity index is 1.97. The van der Waals surface area contributed by atoms with Gasteiger partial charge in [-0.05, 0) is 30.9 Å². The normalized spacial score (nSPS) is 16.4. The highest BCUT2D eigenvalue weighted by Gasteiger charge is 2.23. The van der Waals surface area contributed by atoms with Gasteiger partial charge in [0.1, 0.15) is 0 Å². The first-order valence-electron chi connectivity index (χ1n) is 6.93. The van der Waals surface area contributed by atoms with Gasteiger partial charge >= 0.3 is 0 Å². The summed E-state index contributed by atoms with van der Waals surface area (Å²) < 4.78 is 2.16. The molecule has 19 heavy (non-hydrogen) atoms. The number of rotatable bonds is 4. The lowest BCUT2D eigenvalue weighted by atomic mass is 9.97. The van der Waals surface area contributed by atoms with E-state index in [9.17, 15) is 4.79 Å². The Hall–Kier alpha value is -1.42. The van der Waals surface area contributed by atoms with Crippen LogP contribution in [0.25, 0.3) is 0 Å². The van der Waals surface area contributed by atoms with Crippen molar-refractivity contribution in [3.05, 3.63) is 40.1 Å². The number of thiophene rings is 1. The maximum absolute atomic E-state index is 12.0. The number of ketones is 1. The maximum Gasteiger partial charge on any atom is 0.173 e. The molecule has 0 saturated heterocycles. The highest BCUT2D eigenvalue weighted by molar-refractivity contribution is 7.14. The van der Waals surface area contributed by atoms with E-state index in [0.717, 1.165) is 37.0 Å². The van der Waals surface area contributed by atoms with Crippen molar-refractivity contribution in [3.8, 4) is 0 Å². The Labute approximate surface area is 117 Å². The standard InChI is InChI=1S/C15H18N2OS/c1-2-4-12(17-8-7-16-10-17)14-9-11-5-3-6-13(18)15(11)19-14/h7-10,12H,2-6H2,1H3. The number of carbonyl (C=O) groups excluding carboxylic acids is 1. The third-order valence-electron chi connectivity index (χ3n) is 3.71. The molecule has 0 aromatic carbocycles. The van der Waals surface area contributed by atoms with Gasteiger partial charge in [0.2, 0.25) is 0 Å². The Morgan fingerprint density at radius 1 is 1.47 bits per heavy atom. The molecule has 1 atom stereocenters. The minimum atomic E-state index is 0.330. The molecule has 3 nitrogen and oxygen atoms in total. The molecule has 1 unspecified atom stereocenters. The zero-order valence-electron chi connectivity index (χ0n) is 11.1. The number of hydrogen-bond donors (Lipinski definition) is 0. The summed E-state index contributed by atoms with van der Waals surface area (Å²) in [6.45, 7) is 2.20. The molecule has 0 fully saturated rings. The van der Waals surface area contributed by atoms with Crippen LogP contribution in [0.15, 0.2) is 24.8 Å². The number of nitrogens with zero attached hydrogens (tertiary/aromatic N) is 2. The van der Waals surface area contributed by atoms with Crippen molar-refractivity contribution < 1.29 is 4.79 Å². The number of hydrogen-bond acceptors (Lipinski definition) is 3. The van der Waals surface area contributed by atoms with Gasteiger partial charge in [-0.2, -0.15) is 0 Å². The van der Waals surface area contributed by atoms with E-state index in [1.807, 2.05) is 18.7 Å². The van der Waals surface area contributed by atoms with Crippen LogP contribution in [0.5, 0.6) is 0 Å². The molecule has 4 heteroatoms. The van der Waals surface area contributed by atoms with Crippen LogP contribution < -0.4 is 0 Å². The molecule has 0 bridgehead atoms. The molecule has 1 aliphatic rings. The van der Waals surface area contributed by atoms with Gasteiger partial charge in [-0.15, -0.1) is 11.3 Å². The second-order valence-corrected chi connectivity index (χ2v) is 6.18. The number of aromatic nitrogens is 2.